The van der Waals surface area contributed by atoms with Gasteiger partial charge in [-0.1, -0.05) is 107 Å². The number of hydrogen-bond acceptors (Lipinski definition) is 9. The molecule has 3 aromatic heterocycles. The van der Waals surface area contributed by atoms with Gasteiger partial charge in [0.1, 0.15) is 11.5 Å². The average Bonchev–Trinajstić information content (AvgIpc) is 3.56. The average molecular weight is 725 g/mol. The summed E-state index contributed by atoms with van der Waals surface area (Å²) >= 11 is 1.55. The fraction of sp³-hybridized carbons (Fsp3) is 0.553. The summed E-state index contributed by atoms with van der Waals surface area (Å²) < 4.78 is 15.9. The third kappa shape index (κ3) is 11.3. The van der Waals surface area contributed by atoms with Crippen molar-refractivity contribution in [2.24, 2.45) is 0 Å². The Morgan fingerprint density at radius 2 is 1.60 bits per heavy atom. The Labute approximate surface area is 307 Å². The molecular weight excluding hydrogens is 671 g/mol. The maximum atomic E-state index is 14.9. The minimum absolute atomic E-state index is 0. The molecule has 1 aromatic carbocycles. The number of nitrogens with zero attached hydrogens (tertiary/aromatic N) is 6. The summed E-state index contributed by atoms with van der Waals surface area (Å²) in [5.41, 5.74) is 2.65. The van der Waals surface area contributed by atoms with Crippen LogP contribution in [0.3, 0.4) is 0 Å². The largest absolute Gasteiger partial charge is 0.354 e. The van der Waals surface area contributed by atoms with Crippen LogP contribution in [0.1, 0.15) is 102 Å². The minimum Gasteiger partial charge on any atom is -0.354 e. The van der Waals surface area contributed by atoms with E-state index >= 15 is 0 Å². The van der Waals surface area contributed by atoms with Crippen LogP contribution in [-0.2, 0) is 4.79 Å². The molecule has 0 aliphatic carbocycles. The van der Waals surface area contributed by atoms with Crippen LogP contribution in [0, 0.1) is 5.82 Å². The second-order valence-corrected chi connectivity index (χ2v) is 14.4. The Morgan fingerprint density at radius 3 is 2.24 bits per heavy atom. The highest BCUT2D eigenvalue weighted by molar-refractivity contribution is 7.22. The number of aromatic nitrogens is 4. The molecule has 4 aromatic rings. The van der Waals surface area contributed by atoms with E-state index in [9.17, 15) is 9.18 Å². The normalized spacial score (nSPS) is 13.6. The molecule has 1 unspecified atom stereocenters. The molecule has 1 atom stereocenters. The van der Waals surface area contributed by atoms with Crippen LogP contribution >= 0.6 is 23.7 Å². The minimum atomic E-state index is -0.502. The number of rotatable bonds is 19. The van der Waals surface area contributed by atoms with Gasteiger partial charge < -0.3 is 20.4 Å². The Bertz CT molecular complexity index is 1610. The van der Waals surface area contributed by atoms with Gasteiger partial charge in [0.15, 0.2) is 10.9 Å². The number of halogens is 2. The number of amides is 1. The van der Waals surface area contributed by atoms with Gasteiger partial charge in [-0.05, 0) is 30.2 Å². The summed E-state index contributed by atoms with van der Waals surface area (Å²) in [5, 5.41) is 7.37. The quantitative estimate of drug-likeness (QED) is 0.0925. The Kier molecular flexibility index (Phi) is 16.1. The summed E-state index contributed by atoms with van der Waals surface area (Å²) in [6.45, 7) is 5.39. The second kappa shape index (κ2) is 20.4. The van der Waals surface area contributed by atoms with E-state index in [1.54, 1.807) is 17.5 Å². The zero-order valence-corrected chi connectivity index (χ0v) is 31.6. The molecule has 4 heterocycles. The van der Waals surface area contributed by atoms with Crippen molar-refractivity contribution in [3.8, 4) is 11.3 Å². The first kappa shape index (κ1) is 39.4. The fourth-order valence-corrected chi connectivity index (χ4v) is 7.34. The van der Waals surface area contributed by atoms with Crippen molar-refractivity contribution in [2.75, 3.05) is 50.5 Å². The number of pyridine rings is 1. The standard InChI is InChI=1S/C38H53FN8OS.ClH/c1-4-5-6-7-8-9-10-11-12-13-14-15-16-30(36(48)47-23-21-40-22-24-47)29-18-20-34(41-26-29)44-37-42-27-31(39)35(45-37)28-17-19-32-33(25-28)49-38(43-32)46(2)3;/h17-20,25-27,30,40H,4-16,21-24H2,1-3H3,(H,41,42,44,45);1H. The molecule has 0 radical (unpaired) electrons. The Balaban J connectivity index is 0.00000562. The third-order valence-electron chi connectivity index (χ3n) is 9.28. The molecule has 1 aliphatic heterocycles. The summed E-state index contributed by atoms with van der Waals surface area (Å²) in [4.78, 5) is 35.6. The zero-order chi connectivity index (χ0) is 34.4. The van der Waals surface area contributed by atoms with Gasteiger partial charge in [-0.15, -0.1) is 12.4 Å². The number of carbonyl (C=O) groups excluding carboxylic acids is 1. The van der Waals surface area contributed by atoms with E-state index in [1.165, 1.54) is 70.4 Å². The number of carbonyl (C=O) groups is 1. The number of piperazine rings is 1. The summed E-state index contributed by atoms with van der Waals surface area (Å²) in [6.07, 6.45) is 19.3. The van der Waals surface area contributed by atoms with Crippen molar-refractivity contribution in [1.29, 1.82) is 0 Å². The molecule has 272 valence electrons. The SMILES string of the molecule is CCCCCCCCCCCCCCC(C(=O)N1CCNCC1)c1ccc(Nc2ncc(F)c(-c3ccc4nc(N(C)C)sc4c3)n2)nc1.Cl. The lowest BCUT2D eigenvalue weighted by Gasteiger charge is -2.31. The third-order valence-corrected chi connectivity index (χ3v) is 10.5. The van der Waals surface area contributed by atoms with E-state index in [1.807, 2.05) is 54.2 Å². The van der Waals surface area contributed by atoms with Crippen LogP contribution in [0.4, 0.5) is 21.3 Å². The van der Waals surface area contributed by atoms with Gasteiger partial charge in [0.05, 0.1) is 22.3 Å². The highest BCUT2D eigenvalue weighted by Crippen LogP contribution is 2.32. The molecule has 0 spiro atoms. The first-order chi connectivity index (χ1) is 23.9. The van der Waals surface area contributed by atoms with Gasteiger partial charge in [0.25, 0.3) is 0 Å². The molecule has 0 bridgehead atoms. The van der Waals surface area contributed by atoms with Crippen molar-refractivity contribution in [3.05, 3.63) is 54.1 Å². The summed E-state index contributed by atoms with van der Waals surface area (Å²) in [6, 6.07) is 9.46. The first-order valence-corrected chi connectivity index (χ1v) is 19.1. The van der Waals surface area contributed by atoms with Crippen LogP contribution in [0.2, 0.25) is 0 Å². The van der Waals surface area contributed by atoms with Crippen molar-refractivity contribution >= 4 is 56.8 Å². The maximum absolute atomic E-state index is 14.9. The Morgan fingerprint density at radius 1 is 0.920 bits per heavy atom. The highest BCUT2D eigenvalue weighted by Gasteiger charge is 2.27. The number of thiazole rings is 1. The second-order valence-electron chi connectivity index (χ2n) is 13.4. The number of anilines is 3. The van der Waals surface area contributed by atoms with Crippen LogP contribution in [0.15, 0.2) is 42.7 Å². The van der Waals surface area contributed by atoms with E-state index in [0.717, 1.165) is 66.4 Å². The van der Waals surface area contributed by atoms with Gasteiger partial charge in [0, 0.05) is 52.0 Å². The molecule has 2 N–H and O–H groups in total. The van der Waals surface area contributed by atoms with Crippen molar-refractivity contribution < 1.29 is 9.18 Å². The first-order valence-electron chi connectivity index (χ1n) is 18.3. The smallest absolute Gasteiger partial charge is 0.230 e. The predicted molar refractivity (Wildman–Crippen MR) is 208 cm³/mol. The lowest BCUT2D eigenvalue weighted by atomic mass is 9.92. The lowest BCUT2D eigenvalue weighted by Crippen LogP contribution is -2.48. The van der Waals surface area contributed by atoms with Gasteiger partial charge in [-0.25, -0.2) is 24.3 Å². The van der Waals surface area contributed by atoms with Crippen molar-refractivity contribution in [2.45, 2.75) is 96.3 Å². The fourth-order valence-electron chi connectivity index (χ4n) is 6.41. The zero-order valence-electron chi connectivity index (χ0n) is 29.9. The van der Waals surface area contributed by atoms with Gasteiger partial charge in [-0.3, -0.25) is 4.79 Å². The number of nitrogens with one attached hydrogen (secondary N) is 2. The number of hydrogen-bond donors (Lipinski definition) is 2. The molecule has 1 aliphatic rings. The molecule has 12 heteroatoms. The van der Waals surface area contributed by atoms with Gasteiger partial charge in [0.2, 0.25) is 11.9 Å². The van der Waals surface area contributed by atoms with Crippen LogP contribution in [-0.4, -0.2) is 71.0 Å². The van der Waals surface area contributed by atoms with Crippen LogP contribution in [0.25, 0.3) is 21.5 Å². The molecule has 1 saturated heterocycles. The summed E-state index contributed by atoms with van der Waals surface area (Å²) in [7, 11) is 3.90. The van der Waals surface area contributed by atoms with E-state index in [0.29, 0.717) is 11.4 Å². The number of benzene rings is 1. The lowest BCUT2D eigenvalue weighted by molar-refractivity contribution is -0.133. The maximum Gasteiger partial charge on any atom is 0.230 e. The van der Waals surface area contributed by atoms with Crippen LogP contribution < -0.4 is 15.5 Å². The van der Waals surface area contributed by atoms with Crippen molar-refractivity contribution in [1.82, 2.24) is 30.2 Å². The topological polar surface area (TPSA) is 99.2 Å². The summed E-state index contributed by atoms with van der Waals surface area (Å²) in [5.74, 6) is 0.256. The van der Waals surface area contributed by atoms with E-state index < -0.39 is 5.82 Å². The molecule has 0 saturated carbocycles. The molecular formula is C38H54ClFN8OS. The van der Waals surface area contributed by atoms with Gasteiger partial charge >= 0.3 is 0 Å². The van der Waals surface area contributed by atoms with Gasteiger partial charge in [-0.2, -0.15) is 0 Å². The number of fused-ring (bicyclic) bond motifs is 1. The van der Waals surface area contributed by atoms with E-state index in [2.05, 4.69) is 37.5 Å². The Hall–Kier alpha value is -3.41. The predicted octanol–water partition coefficient (Wildman–Crippen LogP) is 9.13. The van der Waals surface area contributed by atoms with E-state index in [-0.39, 0.29) is 35.9 Å². The molecule has 5 rings (SSSR count). The molecule has 50 heavy (non-hydrogen) atoms. The van der Waals surface area contributed by atoms with E-state index in [4.69, 9.17) is 0 Å². The highest BCUT2D eigenvalue weighted by atomic mass is 35.5. The monoisotopic (exact) mass is 724 g/mol. The van der Waals surface area contributed by atoms with Crippen molar-refractivity contribution in [3.63, 3.8) is 0 Å². The molecule has 1 fully saturated rings. The molecule has 9 nitrogen and oxygen atoms in total. The number of unbranched alkanes of at least 4 members (excludes halogenated alkanes) is 11. The molecule has 1 amide bonds. The van der Waals surface area contributed by atoms with Crippen LogP contribution in [0.5, 0.6) is 0 Å².